The average molecular weight is 577 g/mol. The van der Waals surface area contributed by atoms with Crippen LogP contribution in [0.2, 0.25) is 0 Å². The van der Waals surface area contributed by atoms with Gasteiger partial charge in [-0.2, -0.15) is 13.2 Å². The van der Waals surface area contributed by atoms with E-state index in [4.69, 9.17) is 15.2 Å². The zero-order valence-corrected chi connectivity index (χ0v) is 23.7. The molecule has 5 rings (SSSR count). The molecule has 0 spiro atoms. The number of halogens is 3. The molecule has 0 saturated carbocycles. The van der Waals surface area contributed by atoms with Gasteiger partial charge in [-0.05, 0) is 45.4 Å². The number of rotatable bonds is 4. The van der Waals surface area contributed by atoms with Crippen LogP contribution < -0.4 is 10.6 Å². The van der Waals surface area contributed by atoms with E-state index in [0.717, 1.165) is 23.5 Å². The summed E-state index contributed by atoms with van der Waals surface area (Å²) in [4.78, 5) is 27.0. The van der Waals surface area contributed by atoms with Crippen molar-refractivity contribution in [1.29, 1.82) is 0 Å². The Hall–Kier alpha value is -3.65. The molecule has 0 unspecified atom stereocenters. The Morgan fingerprint density at radius 1 is 1.07 bits per heavy atom. The molecule has 5 heterocycles. The Bertz CT molecular complexity index is 1420. The van der Waals surface area contributed by atoms with Crippen LogP contribution >= 0.6 is 0 Å². The molecular weight excluding hydrogens is 541 g/mol. The third kappa shape index (κ3) is 6.32. The number of ether oxygens (including phenoxy) is 2. The minimum atomic E-state index is -4.66. The van der Waals surface area contributed by atoms with Gasteiger partial charge in [0.25, 0.3) is 0 Å². The summed E-state index contributed by atoms with van der Waals surface area (Å²) in [5.41, 5.74) is 6.33. The second-order valence-corrected chi connectivity index (χ2v) is 11.3. The number of hydrogen-bond acceptors (Lipinski definition) is 9. The van der Waals surface area contributed by atoms with Crippen LogP contribution in [0.1, 0.15) is 37.6 Å². The van der Waals surface area contributed by atoms with E-state index in [2.05, 4.69) is 20.0 Å². The number of aromatic nitrogens is 4. The largest absolute Gasteiger partial charge is 0.444 e. The van der Waals surface area contributed by atoms with Gasteiger partial charge in [0, 0.05) is 57.7 Å². The van der Waals surface area contributed by atoms with Crippen LogP contribution in [0.4, 0.5) is 29.6 Å². The summed E-state index contributed by atoms with van der Waals surface area (Å²) in [7, 11) is 0. The van der Waals surface area contributed by atoms with E-state index in [-0.39, 0.29) is 23.3 Å². The Morgan fingerprint density at radius 2 is 1.76 bits per heavy atom. The summed E-state index contributed by atoms with van der Waals surface area (Å²) in [5, 5.41) is 4.57. The minimum absolute atomic E-state index is 0.0879. The number of nitrogen functional groups attached to an aromatic ring is 1. The normalized spacial score (nSPS) is 17.3. The molecule has 11 nitrogen and oxygen atoms in total. The molecule has 41 heavy (non-hydrogen) atoms. The molecule has 0 aliphatic carbocycles. The standard InChI is InChI=1S/C27H35F3N8O3/c1-17-18(16-35-5-7-37(8-6-35)25(39)41-26(2,3)4)13-21-24(36-9-11-40-12-10-36)33-23(34-38(17)21)19-15-32-22(31)14-20(19)27(28,29)30/h13-15H,5-12,16H2,1-4H3,(H2,31,32). The average Bonchev–Trinajstić information content (AvgIpc) is 3.22. The lowest BCUT2D eigenvalue weighted by atomic mass is 10.1. The van der Waals surface area contributed by atoms with Gasteiger partial charge in [-0.15, -0.1) is 5.10 Å². The first-order valence-electron chi connectivity index (χ1n) is 13.6. The second-order valence-electron chi connectivity index (χ2n) is 11.3. The van der Waals surface area contributed by atoms with Gasteiger partial charge in [0.1, 0.15) is 16.9 Å². The van der Waals surface area contributed by atoms with Crippen LogP contribution in [0.5, 0.6) is 0 Å². The molecule has 0 aromatic carbocycles. The molecule has 2 aliphatic rings. The van der Waals surface area contributed by atoms with Crippen molar-refractivity contribution in [1.82, 2.24) is 29.4 Å². The van der Waals surface area contributed by atoms with E-state index in [1.807, 2.05) is 38.7 Å². The maximum absolute atomic E-state index is 14.0. The van der Waals surface area contributed by atoms with E-state index in [1.165, 1.54) is 0 Å². The van der Waals surface area contributed by atoms with Crippen LogP contribution in [0, 0.1) is 6.92 Å². The van der Waals surface area contributed by atoms with Crippen molar-refractivity contribution in [3.63, 3.8) is 0 Å². The molecule has 0 bridgehead atoms. The van der Waals surface area contributed by atoms with Crippen LogP contribution in [0.15, 0.2) is 18.3 Å². The van der Waals surface area contributed by atoms with Crippen molar-refractivity contribution < 1.29 is 27.4 Å². The first-order chi connectivity index (χ1) is 19.3. The van der Waals surface area contributed by atoms with Crippen LogP contribution in [-0.2, 0) is 22.2 Å². The summed E-state index contributed by atoms with van der Waals surface area (Å²) < 4.78 is 54.6. The smallest absolute Gasteiger partial charge is 0.417 e. The van der Waals surface area contributed by atoms with E-state index in [1.54, 1.807) is 9.42 Å². The fraction of sp³-hybridized carbons (Fsp3) is 0.556. The van der Waals surface area contributed by atoms with E-state index >= 15 is 0 Å². The van der Waals surface area contributed by atoms with Gasteiger partial charge in [0.15, 0.2) is 11.6 Å². The number of anilines is 2. The summed E-state index contributed by atoms with van der Waals surface area (Å²) >= 11 is 0. The Labute approximate surface area is 236 Å². The van der Waals surface area contributed by atoms with E-state index in [9.17, 15) is 18.0 Å². The molecule has 3 aromatic rings. The fourth-order valence-electron chi connectivity index (χ4n) is 5.03. The van der Waals surface area contributed by atoms with Gasteiger partial charge in [-0.25, -0.2) is 19.3 Å². The highest BCUT2D eigenvalue weighted by Crippen LogP contribution is 2.37. The lowest BCUT2D eigenvalue weighted by Crippen LogP contribution is -2.49. The molecule has 2 fully saturated rings. The number of alkyl halides is 3. The minimum Gasteiger partial charge on any atom is -0.444 e. The monoisotopic (exact) mass is 576 g/mol. The zero-order chi connectivity index (χ0) is 29.5. The van der Waals surface area contributed by atoms with Crippen LogP contribution in [-0.4, -0.2) is 93.6 Å². The highest BCUT2D eigenvalue weighted by Gasteiger charge is 2.36. The Morgan fingerprint density at radius 3 is 2.39 bits per heavy atom. The van der Waals surface area contributed by atoms with Crippen molar-refractivity contribution in [3.05, 3.63) is 35.2 Å². The second kappa shape index (κ2) is 11.0. The van der Waals surface area contributed by atoms with Gasteiger partial charge in [0.2, 0.25) is 0 Å². The molecule has 2 saturated heterocycles. The van der Waals surface area contributed by atoms with E-state index in [0.29, 0.717) is 70.4 Å². The van der Waals surface area contributed by atoms with Crippen LogP contribution in [0.3, 0.4) is 0 Å². The van der Waals surface area contributed by atoms with Crippen molar-refractivity contribution in [2.75, 3.05) is 63.1 Å². The summed E-state index contributed by atoms with van der Waals surface area (Å²) in [6.45, 7) is 12.5. The molecule has 2 N–H and O–H groups in total. The first-order valence-corrected chi connectivity index (χ1v) is 13.6. The molecule has 3 aromatic heterocycles. The maximum atomic E-state index is 14.0. The summed E-state index contributed by atoms with van der Waals surface area (Å²) in [6, 6.07) is 2.80. The SMILES string of the molecule is Cc1c(CN2CCN(C(=O)OC(C)(C)C)CC2)cc2c(N3CCOCC3)nc(-c3cnc(N)cc3C(F)(F)F)nn12. The predicted molar refractivity (Wildman–Crippen MR) is 146 cm³/mol. The molecule has 222 valence electrons. The fourth-order valence-corrected chi connectivity index (χ4v) is 5.03. The Kier molecular flexibility index (Phi) is 7.72. The molecule has 2 aliphatic heterocycles. The molecule has 0 radical (unpaired) electrons. The number of nitrogens with two attached hydrogens (primary N) is 1. The van der Waals surface area contributed by atoms with Crippen LogP contribution in [0.25, 0.3) is 16.9 Å². The third-order valence-electron chi connectivity index (χ3n) is 7.16. The number of amides is 1. The third-order valence-corrected chi connectivity index (χ3v) is 7.16. The number of piperazine rings is 1. The van der Waals surface area contributed by atoms with Gasteiger partial charge >= 0.3 is 12.3 Å². The van der Waals surface area contributed by atoms with Gasteiger partial charge in [0.05, 0.1) is 24.3 Å². The first kappa shape index (κ1) is 28.9. The zero-order valence-electron chi connectivity index (χ0n) is 23.7. The lowest BCUT2D eigenvalue weighted by molar-refractivity contribution is -0.137. The summed E-state index contributed by atoms with van der Waals surface area (Å²) in [6.07, 6.45) is -3.91. The molecule has 0 atom stereocenters. The topological polar surface area (TPSA) is 114 Å². The molecular formula is C27H35F3N8O3. The van der Waals surface area contributed by atoms with Gasteiger partial charge in [-0.3, -0.25) is 4.90 Å². The lowest BCUT2D eigenvalue weighted by Gasteiger charge is -2.35. The van der Waals surface area contributed by atoms with Gasteiger partial charge in [-0.1, -0.05) is 0 Å². The number of nitrogens with zero attached hydrogens (tertiary/aromatic N) is 7. The number of fused-ring (bicyclic) bond motifs is 1. The maximum Gasteiger partial charge on any atom is 0.417 e. The number of carbonyl (C=O) groups excluding carboxylic acids is 1. The highest BCUT2D eigenvalue weighted by atomic mass is 19.4. The number of carbonyl (C=O) groups is 1. The molecule has 1 amide bonds. The summed E-state index contributed by atoms with van der Waals surface area (Å²) in [5.74, 6) is 0.212. The Balaban J connectivity index is 1.47. The number of pyridine rings is 1. The highest BCUT2D eigenvalue weighted by molar-refractivity contribution is 5.74. The number of aryl methyl sites for hydroxylation is 1. The number of hydrogen-bond donors (Lipinski definition) is 1. The van der Waals surface area contributed by atoms with Crippen molar-refractivity contribution >= 4 is 23.2 Å². The van der Waals surface area contributed by atoms with Crippen molar-refractivity contribution in [3.8, 4) is 11.4 Å². The molecule has 14 heteroatoms. The van der Waals surface area contributed by atoms with Crippen molar-refractivity contribution in [2.24, 2.45) is 0 Å². The van der Waals surface area contributed by atoms with Crippen molar-refractivity contribution in [2.45, 2.75) is 46.0 Å². The predicted octanol–water partition coefficient (Wildman–Crippen LogP) is 3.59. The van der Waals surface area contributed by atoms with E-state index < -0.39 is 17.3 Å². The van der Waals surface area contributed by atoms with Gasteiger partial charge < -0.3 is 25.0 Å². The number of morpholine rings is 1. The quantitative estimate of drug-likeness (QED) is 0.498.